The monoisotopic (exact) mass is 295 g/mol. The van der Waals surface area contributed by atoms with Crippen molar-refractivity contribution >= 4 is 5.97 Å². The molecule has 1 aromatic rings. The van der Waals surface area contributed by atoms with Gasteiger partial charge in [0, 0.05) is 12.0 Å². The Hall–Kier alpha value is -1.59. The number of aliphatic hydroxyl groups is 1. The SMILES string of the molecule is COC(=O)CC(N)C(CC(C)(C)O)c1ccc(OC)cc1. The molecule has 21 heavy (non-hydrogen) atoms. The molecular weight excluding hydrogens is 270 g/mol. The van der Waals surface area contributed by atoms with E-state index in [1.54, 1.807) is 21.0 Å². The van der Waals surface area contributed by atoms with Crippen molar-refractivity contribution in [1.82, 2.24) is 0 Å². The Bertz CT molecular complexity index is 450. The number of carbonyl (C=O) groups is 1. The van der Waals surface area contributed by atoms with Crippen LogP contribution in [0.4, 0.5) is 0 Å². The van der Waals surface area contributed by atoms with Crippen LogP contribution in [-0.2, 0) is 9.53 Å². The van der Waals surface area contributed by atoms with Gasteiger partial charge >= 0.3 is 5.97 Å². The molecule has 0 heterocycles. The van der Waals surface area contributed by atoms with Crippen LogP contribution in [-0.4, -0.2) is 36.9 Å². The number of carbonyl (C=O) groups excluding carboxylic acids is 1. The molecule has 0 aromatic heterocycles. The van der Waals surface area contributed by atoms with E-state index in [9.17, 15) is 9.90 Å². The summed E-state index contributed by atoms with van der Waals surface area (Å²) in [5, 5.41) is 10.1. The summed E-state index contributed by atoms with van der Waals surface area (Å²) in [6.07, 6.45) is 0.570. The van der Waals surface area contributed by atoms with Gasteiger partial charge in [-0.15, -0.1) is 0 Å². The van der Waals surface area contributed by atoms with Gasteiger partial charge in [-0.25, -0.2) is 0 Å². The van der Waals surface area contributed by atoms with Crippen molar-refractivity contribution in [3.8, 4) is 5.75 Å². The van der Waals surface area contributed by atoms with Gasteiger partial charge in [-0.2, -0.15) is 0 Å². The van der Waals surface area contributed by atoms with Crippen molar-refractivity contribution in [1.29, 1.82) is 0 Å². The maximum absolute atomic E-state index is 11.4. The number of ether oxygens (including phenoxy) is 2. The molecule has 118 valence electrons. The summed E-state index contributed by atoms with van der Waals surface area (Å²) in [5.74, 6) is 0.258. The van der Waals surface area contributed by atoms with Gasteiger partial charge in [-0.1, -0.05) is 12.1 Å². The quantitative estimate of drug-likeness (QED) is 0.750. The average molecular weight is 295 g/mol. The third-order valence-electron chi connectivity index (χ3n) is 3.41. The van der Waals surface area contributed by atoms with Gasteiger partial charge in [0.2, 0.25) is 0 Å². The molecular formula is C16H25NO4. The lowest BCUT2D eigenvalue weighted by Crippen LogP contribution is -2.36. The molecule has 0 spiro atoms. The Morgan fingerprint density at radius 1 is 1.29 bits per heavy atom. The number of nitrogens with two attached hydrogens (primary N) is 1. The number of rotatable bonds is 7. The minimum Gasteiger partial charge on any atom is -0.497 e. The number of hydrogen-bond acceptors (Lipinski definition) is 5. The fourth-order valence-corrected chi connectivity index (χ4v) is 2.32. The molecule has 5 heteroatoms. The molecule has 0 fully saturated rings. The van der Waals surface area contributed by atoms with Crippen LogP contribution in [0.3, 0.4) is 0 Å². The van der Waals surface area contributed by atoms with Crippen LogP contribution in [0, 0.1) is 0 Å². The van der Waals surface area contributed by atoms with E-state index in [0.717, 1.165) is 11.3 Å². The van der Waals surface area contributed by atoms with Crippen LogP contribution in [0.1, 0.15) is 38.2 Å². The van der Waals surface area contributed by atoms with Crippen LogP contribution in [0.25, 0.3) is 0 Å². The largest absolute Gasteiger partial charge is 0.497 e. The first kappa shape index (κ1) is 17.5. The van der Waals surface area contributed by atoms with Gasteiger partial charge < -0.3 is 20.3 Å². The molecule has 0 bridgehead atoms. The van der Waals surface area contributed by atoms with Gasteiger partial charge in [0.25, 0.3) is 0 Å². The van der Waals surface area contributed by atoms with E-state index >= 15 is 0 Å². The topological polar surface area (TPSA) is 81.8 Å². The summed E-state index contributed by atoms with van der Waals surface area (Å²) in [6.45, 7) is 3.46. The summed E-state index contributed by atoms with van der Waals surface area (Å²) in [6, 6.07) is 7.09. The fourth-order valence-electron chi connectivity index (χ4n) is 2.32. The number of hydrogen-bond donors (Lipinski definition) is 2. The highest BCUT2D eigenvalue weighted by atomic mass is 16.5. The Balaban J connectivity index is 2.97. The van der Waals surface area contributed by atoms with E-state index in [1.165, 1.54) is 7.11 Å². The van der Waals surface area contributed by atoms with Gasteiger partial charge in [0.1, 0.15) is 5.75 Å². The highest BCUT2D eigenvalue weighted by molar-refractivity contribution is 5.70. The third-order valence-corrected chi connectivity index (χ3v) is 3.41. The summed E-state index contributed by atoms with van der Waals surface area (Å²) >= 11 is 0. The zero-order valence-electron chi connectivity index (χ0n) is 13.1. The molecule has 0 saturated heterocycles. The first-order chi connectivity index (χ1) is 9.76. The van der Waals surface area contributed by atoms with Gasteiger partial charge in [0.15, 0.2) is 0 Å². The molecule has 0 aliphatic heterocycles. The van der Waals surface area contributed by atoms with Crippen molar-refractivity contribution in [3.63, 3.8) is 0 Å². The lowest BCUT2D eigenvalue weighted by Gasteiger charge is -2.29. The zero-order chi connectivity index (χ0) is 16.0. The molecule has 0 amide bonds. The molecule has 2 atom stereocenters. The van der Waals surface area contributed by atoms with Crippen molar-refractivity contribution in [2.75, 3.05) is 14.2 Å². The minimum atomic E-state index is -0.877. The maximum atomic E-state index is 11.4. The van der Waals surface area contributed by atoms with E-state index in [0.29, 0.717) is 6.42 Å². The summed E-state index contributed by atoms with van der Waals surface area (Å²) in [7, 11) is 2.94. The van der Waals surface area contributed by atoms with Crippen LogP contribution < -0.4 is 10.5 Å². The third kappa shape index (κ3) is 5.73. The van der Waals surface area contributed by atoms with E-state index in [2.05, 4.69) is 4.74 Å². The molecule has 1 rings (SSSR count). The Morgan fingerprint density at radius 3 is 2.29 bits per heavy atom. The van der Waals surface area contributed by atoms with Crippen LogP contribution >= 0.6 is 0 Å². The second kappa shape index (κ2) is 7.43. The Kier molecular flexibility index (Phi) is 6.18. The second-order valence-corrected chi connectivity index (χ2v) is 5.84. The summed E-state index contributed by atoms with van der Waals surface area (Å²) in [5.41, 5.74) is 6.25. The molecule has 0 saturated carbocycles. The van der Waals surface area contributed by atoms with E-state index in [-0.39, 0.29) is 18.3 Å². The average Bonchev–Trinajstić information content (AvgIpc) is 2.43. The van der Waals surface area contributed by atoms with Crippen LogP contribution in [0.2, 0.25) is 0 Å². The zero-order valence-corrected chi connectivity index (χ0v) is 13.1. The minimum absolute atomic E-state index is 0.114. The number of esters is 1. The summed E-state index contributed by atoms with van der Waals surface area (Å²) < 4.78 is 9.81. The maximum Gasteiger partial charge on any atom is 0.307 e. The van der Waals surface area contributed by atoms with Gasteiger partial charge in [-0.05, 0) is 38.0 Å². The highest BCUT2D eigenvalue weighted by Crippen LogP contribution is 2.30. The van der Waals surface area contributed by atoms with Crippen molar-refractivity contribution < 1.29 is 19.4 Å². The predicted octanol–water partition coefficient (Wildman–Crippen LogP) is 1.83. The standard InChI is InChI=1S/C16H25NO4/c1-16(2,19)10-13(14(17)9-15(18)21-4)11-5-7-12(20-3)8-6-11/h5-8,13-14,19H,9-10,17H2,1-4H3. The first-order valence-corrected chi connectivity index (χ1v) is 6.95. The normalized spacial score (nSPS) is 14.4. The fraction of sp³-hybridized carbons (Fsp3) is 0.562. The Morgan fingerprint density at radius 2 is 1.86 bits per heavy atom. The lowest BCUT2D eigenvalue weighted by molar-refractivity contribution is -0.141. The molecule has 0 radical (unpaired) electrons. The molecule has 3 N–H and O–H groups in total. The van der Waals surface area contributed by atoms with Crippen LogP contribution in [0.5, 0.6) is 5.75 Å². The molecule has 0 aliphatic carbocycles. The van der Waals surface area contributed by atoms with E-state index in [1.807, 2.05) is 24.3 Å². The van der Waals surface area contributed by atoms with Crippen molar-refractivity contribution in [3.05, 3.63) is 29.8 Å². The van der Waals surface area contributed by atoms with Crippen molar-refractivity contribution in [2.45, 2.75) is 44.2 Å². The summed E-state index contributed by atoms with van der Waals surface area (Å²) in [4.78, 5) is 11.4. The molecule has 5 nitrogen and oxygen atoms in total. The Labute approximate surface area is 126 Å². The second-order valence-electron chi connectivity index (χ2n) is 5.84. The first-order valence-electron chi connectivity index (χ1n) is 6.95. The highest BCUT2D eigenvalue weighted by Gasteiger charge is 2.28. The van der Waals surface area contributed by atoms with Gasteiger partial charge in [-0.3, -0.25) is 4.79 Å². The predicted molar refractivity (Wildman–Crippen MR) is 81.3 cm³/mol. The molecule has 0 aliphatic rings. The van der Waals surface area contributed by atoms with Gasteiger partial charge in [0.05, 0.1) is 26.2 Å². The van der Waals surface area contributed by atoms with E-state index in [4.69, 9.17) is 10.5 Å². The molecule has 1 aromatic carbocycles. The van der Waals surface area contributed by atoms with Crippen LogP contribution in [0.15, 0.2) is 24.3 Å². The number of methoxy groups -OCH3 is 2. The lowest BCUT2D eigenvalue weighted by atomic mass is 9.82. The molecule has 2 unspecified atom stereocenters. The van der Waals surface area contributed by atoms with E-state index < -0.39 is 11.6 Å². The van der Waals surface area contributed by atoms with Crippen molar-refractivity contribution in [2.24, 2.45) is 5.73 Å². The smallest absolute Gasteiger partial charge is 0.307 e. The number of benzene rings is 1.